The summed E-state index contributed by atoms with van der Waals surface area (Å²) in [6.45, 7) is 1.98. The van der Waals surface area contributed by atoms with E-state index in [0.717, 1.165) is 27.8 Å². The molecule has 0 unspecified atom stereocenters. The maximum atomic E-state index is 12.5. The van der Waals surface area contributed by atoms with E-state index in [-0.39, 0.29) is 11.8 Å². The van der Waals surface area contributed by atoms with Gasteiger partial charge in [-0.05, 0) is 83.8 Å². The summed E-state index contributed by atoms with van der Waals surface area (Å²) in [5, 5.41) is 0.296. The zero-order valence-corrected chi connectivity index (χ0v) is 18.1. The lowest BCUT2D eigenvalue weighted by atomic mass is 10.2. The van der Waals surface area contributed by atoms with E-state index in [4.69, 9.17) is 20.8 Å². The number of imide groups is 1. The second kappa shape index (κ2) is 10.2. The molecule has 1 aromatic heterocycles. The number of halogens is 1. The average Bonchev–Trinajstić information content (AvgIpc) is 3.21. The van der Waals surface area contributed by atoms with Gasteiger partial charge in [0.1, 0.15) is 17.3 Å². The normalized spacial score (nSPS) is 11.2. The molecule has 0 radical (unpaired) electrons. The highest BCUT2D eigenvalue weighted by Gasteiger charge is 2.15. The Balaban J connectivity index is 1.64. The number of hydrogen-bond acceptors (Lipinski definition) is 5. The summed E-state index contributed by atoms with van der Waals surface area (Å²) < 4.78 is 10.9. The molecule has 0 N–H and O–H groups in total. The van der Waals surface area contributed by atoms with E-state index in [1.165, 1.54) is 0 Å². The zero-order valence-electron chi connectivity index (χ0n) is 16.5. The van der Waals surface area contributed by atoms with Crippen molar-refractivity contribution in [3.8, 4) is 17.1 Å². The summed E-state index contributed by atoms with van der Waals surface area (Å²) in [4.78, 5) is 25.8. The fourth-order valence-corrected chi connectivity index (χ4v) is 3.50. The van der Waals surface area contributed by atoms with E-state index in [1.807, 2.05) is 36.4 Å². The van der Waals surface area contributed by atoms with E-state index in [1.54, 1.807) is 44.4 Å². The van der Waals surface area contributed by atoms with Crippen LogP contribution in [0.5, 0.6) is 5.75 Å². The topological polar surface area (TPSA) is 59.8 Å². The predicted molar refractivity (Wildman–Crippen MR) is 120 cm³/mol. The van der Waals surface area contributed by atoms with E-state index in [0.29, 0.717) is 33.6 Å². The molecule has 0 fully saturated rings. The molecule has 0 aliphatic rings. The monoisotopic (exact) mass is 441 g/mol. The number of benzene rings is 2. The van der Waals surface area contributed by atoms with Gasteiger partial charge in [-0.3, -0.25) is 14.5 Å². The quantitative estimate of drug-likeness (QED) is 0.392. The first-order chi connectivity index (χ1) is 14.5. The maximum absolute atomic E-state index is 12.5. The van der Waals surface area contributed by atoms with Crippen molar-refractivity contribution in [3.63, 3.8) is 0 Å². The number of ether oxygens (including phenoxy) is 1. The number of furan rings is 1. The number of carbonyl (C=O) groups is 2. The Morgan fingerprint density at radius 1 is 1.10 bits per heavy atom. The molecule has 0 atom stereocenters. The van der Waals surface area contributed by atoms with Crippen molar-refractivity contribution in [1.29, 1.82) is 0 Å². The summed E-state index contributed by atoms with van der Waals surface area (Å²) in [5.41, 5.74) is 1.74. The van der Waals surface area contributed by atoms with Crippen LogP contribution in [0.1, 0.15) is 18.2 Å². The van der Waals surface area contributed by atoms with Crippen LogP contribution in [0, 0.1) is 0 Å². The van der Waals surface area contributed by atoms with E-state index in [2.05, 4.69) is 0 Å². The third-order valence-electron chi connectivity index (χ3n) is 4.22. The van der Waals surface area contributed by atoms with Crippen molar-refractivity contribution in [3.05, 3.63) is 81.9 Å². The van der Waals surface area contributed by atoms with Crippen LogP contribution in [0.4, 0.5) is 4.79 Å². The van der Waals surface area contributed by atoms with Crippen molar-refractivity contribution in [1.82, 2.24) is 4.90 Å². The third-order valence-corrected chi connectivity index (χ3v) is 5.32. The molecule has 5 nitrogen and oxygen atoms in total. The van der Waals surface area contributed by atoms with Crippen LogP contribution in [0.25, 0.3) is 17.4 Å². The van der Waals surface area contributed by atoms with Gasteiger partial charge in [0.05, 0.1) is 13.7 Å². The Labute approximate surface area is 184 Å². The number of hydrogen-bond donors (Lipinski definition) is 0. The van der Waals surface area contributed by atoms with Gasteiger partial charge in [0.2, 0.25) is 6.41 Å². The van der Waals surface area contributed by atoms with Crippen molar-refractivity contribution < 1.29 is 18.7 Å². The van der Waals surface area contributed by atoms with Crippen LogP contribution in [-0.4, -0.2) is 23.7 Å². The van der Waals surface area contributed by atoms with Crippen LogP contribution in [0.3, 0.4) is 0 Å². The lowest BCUT2D eigenvalue weighted by Gasteiger charge is -2.15. The average molecular weight is 442 g/mol. The number of thioether (sulfide) groups is 1. The van der Waals surface area contributed by atoms with E-state index >= 15 is 0 Å². The van der Waals surface area contributed by atoms with Gasteiger partial charge in [0, 0.05) is 10.6 Å². The smallest absolute Gasteiger partial charge is 0.292 e. The van der Waals surface area contributed by atoms with Crippen molar-refractivity contribution in [2.24, 2.45) is 0 Å². The minimum absolute atomic E-state index is 0.189. The molecule has 2 aromatic carbocycles. The Morgan fingerprint density at radius 3 is 2.43 bits per heavy atom. The first-order valence-corrected chi connectivity index (χ1v) is 10.3. The molecule has 0 aliphatic carbocycles. The van der Waals surface area contributed by atoms with Gasteiger partial charge in [-0.2, -0.15) is 0 Å². The molecule has 7 heteroatoms. The molecule has 0 bridgehead atoms. The van der Waals surface area contributed by atoms with Gasteiger partial charge in [-0.1, -0.05) is 23.7 Å². The van der Waals surface area contributed by atoms with E-state index < -0.39 is 0 Å². The first kappa shape index (κ1) is 21.7. The number of amides is 2. The molecule has 30 heavy (non-hydrogen) atoms. The molecular formula is C23H20ClNO4S. The van der Waals surface area contributed by atoms with Crippen LogP contribution in [-0.2, 0) is 11.3 Å². The second-order valence-corrected chi connectivity index (χ2v) is 8.05. The summed E-state index contributed by atoms with van der Waals surface area (Å²) in [6.07, 6.45) is 2.30. The van der Waals surface area contributed by atoms with Crippen LogP contribution in [0.15, 0.2) is 70.0 Å². The van der Waals surface area contributed by atoms with E-state index in [9.17, 15) is 9.59 Å². The fourth-order valence-electron chi connectivity index (χ4n) is 2.70. The number of carbonyl (C=O) groups excluding carboxylic acids is 2. The zero-order chi connectivity index (χ0) is 21.5. The molecule has 0 spiro atoms. The fraction of sp³-hybridized carbons (Fsp3) is 0.130. The first-order valence-electron chi connectivity index (χ1n) is 9.09. The van der Waals surface area contributed by atoms with Crippen molar-refractivity contribution >= 4 is 41.1 Å². The summed E-state index contributed by atoms with van der Waals surface area (Å²) in [6, 6.07) is 18.2. The molecule has 3 aromatic rings. The molecule has 0 aliphatic heterocycles. The lowest BCUT2D eigenvalue weighted by molar-refractivity contribution is -0.115. The number of allylic oxidation sites excluding steroid dienone is 1. The highest BCUT2D eigenvalue weighted by Crippen LogP contribution is 2.27. The van der Waals surface area contributed by atoms with Gasteiger partial charge >= 0.3 is 0 Å². The molecule has 0 saturated carbocycles. The maximum Gasteiger partial charge on any atom is 0.292 e. The molecule has 2 amide bonds. The third kappa shape index (κ3) is 5.78. The van der Waals surface area contributed by atoms with Gasteiger partial charge in [0.15, 0.2) is 0 Å². The lowest BCUT2D eigenvalue weighted by Crippen LogP contribution is -2.25. The standard InChI is InChI=1S/C23H20ClNO4S/c1-16(13-21-11-12-22(29-21)18-5-7-19(24)8-6-18)30-23(27)25(15-26)14-17-3-9-20(28-2)10-4-17/h3-13,15H,14H2,1-2H3. The summed E-state index contributed by atoms with van der Waals surface area (Å²) in [7, 11) is 1.58. The molecular weight excluding hydrogens is 422 g/mol. The number of rotatable bonds is 7. The molecule has 3 rings (SSSR count). The molecule has 154 valence electrons. The minimum Gasteiger partial charge on any atom is -0.497 e. The molecule has 0 saturated heterocycles. The van der Waals surface area contributed by atoms with Crippen molar-refractivity contribution in [2.75, 3.05) is 7.11 Å². The van der Waals surface area contributed by atoms with Crippen LogP contribution >= 0.6 is 23.4 Å². The second-order valence-electron chi connectivity index (χ2n) is 6.41. The summed E-state index contributed by atoms with van der Waals surface area (Å²) in [5.74, 6) is 2.04. The predicted octanol–water partition coefficient (Wildman–Crippen LogP) is 6.48. The van der Waals surface area contributed by atoms with Crippen molar-refractivity contribution in [2.45, 2.75) is 13.5 Å². The van der Waals surface area contributed by atoms with Gasteiger partial charge in [0.25, 0.3) is 5.24 Å². The van der Waals surface area contributed by atoms with Gasteiger partial charge < -0.3 is 9.15 Å². The number of nitrogens with zero attached hydrogens (tertiary/aromatic N) is 1. The van der Waals surface area contributed by atoms with Crippen LogP contribution in [0.2, 0.25) is 5.02 Å². The summed E-state index contributed by atoms with van der Waals surface area (Å²) >= 11 is 6.89. The molecule has 1 heterocycles. The van der Waals surface area contributed by atoms with Crippen LogP contribution < -0.4 is 4.74 Å². The Hall–Kier alpha value is -2.96. The Kier molecular flexibility index (Phi) is 7.38. The number of methoxy groups -OCH3 is 1. The highest BCUT2D eigenvalue weighted by atomic mass is 35.5. The van der Waals surface area contributed by atoms with Gasteiger partial charge in [-0.25, -0.2) is 0 Å². The Morgan fingerprint density at radius 2 is 1.80 bits per heavy atom. The highest BCUT2D eigenvalue weighted by molar-refractivity contribution is 8.16. The SMILES string of the molecule is COc1ccc(CN(C=O)C(=O)SC(C)=Cc2ccc(-c3ccc(Cl)cc3)o2)cc1. The largest absolute Gasteiger partial charge is 0.497 e. The minimum atomic E-state index is -0.362. The Bertz CT molecular complexity index is 1040. The van der Waals surface area contributed by atoms with Gasteiger partial charge in [-0.15, -0.1) is 0 Å².